The fraction of sp³-hybridized carbons (Fsp3) is 1.00. The summed E-state index contributed by atoms with van der Waals surface area (Å²) in [6.07, 6.45) is 9.14. The highest BCUT2D eigenvalue weighted by molar-refractivity contribution is 7.98. The van der Waals surface area contributed by atoms with Crippen molar-refractivity contribution in [2.24, 2.45) is 0 Å². The molecule has 0 aliphatic carbocycles. The number of thioether (sulfide) groups is 1. The van der Waals surface area contributed by atoms with E-state index in [1.807, 2.05) is 11.8 Å². The van der Waals surface area contributed by atoms with Crippen LogP contribution in [0.4, 0.5) is 0 Å². The average molecular weight is 230 g/mol. The fourth-order valence-corrected chi connectivity index (χ4v) is 2.53. The van der Waals surface area contributed by atoms with E-state index < -0.39 is 0 Å². The summed E-state index contributed by atoms with van der Waals surface area (Å²) in [5.41, 5.74) is 0. The van der Waals surface area contributed by atoms with Crippen molar-refractivity contribution in [1.82, 2.24) is 10.2 Å². The van der Waals surface area contributed by atoms with Crippen molar-refractivity contribution in [3.63, 3.8) is 0 Å². The van der Waals surface area contributed by atoms with Gasteiger partial charge in [0, 0.05) is 13.1 Å². The number of unbranched alkanes of at least 4 members (excludes halogenated alkanes) is 1. The van der Waals surface area contributed by atoms with Crippen LogP contribution in [-0.2, 0) is 0 Å². The molecule has 1 heterocycles. The number of piperidine rings is 1. The van der Waals surface area contributed by atoms with Crippen molar-refractivity contribution in [1.29, 1.82) is 0 Å². The molecule has 3 heteroatoms. The Hall–Kier alpha value is 0.270. The predicted octanol–water partition coefficient (Wildman–Crippen LogP) is 2.21. The second-order valence-electron chi connectivity index (χ2n) is 4.35. The van der Waals surface area contributed by atoms with Gasteiger partial charge in [0.1, 0.15) is 0 Å². The summed E-state index contributed by atoms with van der Waals surface area (Å²) in [5.74, 6) is 1.31. The van der Waals surface area contributed by atoms with Crippen LogP contribution in [0.3, 0.4) is 0 Å². The molecule has 0 atom stereocenters. The summed E-state index contributed by atoms with van der Waals surface area (Å²) in [5, 5.41) is 3.54. The summed E-state index contributed by atoms with van der Waals surface area (Å²) in [4.78, 5) is 2.60. The molecule has 0 aromatic rings. The maximum atomic E-state index is 3.54. The van der Waals surface area contributed by atoms with Gasteiger partial charge in [-0.05, 0) is 57.3 Å². The van der Waals surface area contributed by atoms with Crippen molar-refractivity contribution in [3.05, 3.63) is 0 Å². The van der Waals surface area contributed by atoms with Crippen molar-refractivity contribution >= 4 is 11.8 Å². The molecular formula is C12H26N2S. The molecule has 0 radical (unpaired) electrons. The SMILES string of the molecule is CSCCCCNCCN1CCCCC1. The quantitative estimate of drug-likeness (QED) is 0.644. The first kappa shape index (κ1) is 13.3. The summed E-state index contributed by atoms with van der Waals surface area (Å²) < 4.78 is 0. The first-order valence-corrected chi connectivity index (χ1v) is 7.75. The normalized spacial score (nSPS) is 18.2. The standard InChI is InChI=1S/C12H26N2S/c1-15-12-6-3-7-13-8-11-14-9-4-2-5-10-14/h13H,2-12H2,1H3. The molecular weight excluding hydrogens is 204 g/mol. The van der Waals surface area contributed by atoms with Gasteiger partial charge in [-0.15, -0.1) is 0 Å². The van der Waals surface area contributed by atoms with Crippen LogP contribution in [-0.4, -0.2) is 49.6 Å². The molecule has 1 aliphatic heterocycles. The van der Waals surface area contributed by atoms with Gasteiger partial charge in [0.2, 0.25) is 0 Å². The van der Waals surface area contributed by atoms with Crippen molar-refractivity contribution in [2.45, 2.75) is 32.1 Å². The van der Waals surface area contributed by atoms with E-state index in [0.29, 0.717) is 0 Å². The van der Waals surface area contributed by atoms with Crippen LogP contribution in [0.2, 0.25) is 0 Å². The minimum Gasteiger partial charge on any atom is -0.315 e. The lowest BCUT2D eigenvalue weighted by Crippen LogP contribution is -2.36. The highest BCUT2D eigenvalue weighted by atomic mass is 32.2. The average Bonchev–Trinajstić information content (AvgIpc) is 2.29. The van der Waals surface area contributed by atoms with Crippen LogP contribution in [0.25, 0.3) is 0 Å². The van der Waals surface area contributed by atoms with Crippen LogP contribution in [0.5, 0.6) is 0 Å². The molecule has 0 bridgehead atoms. The summed E-state index contributed by atoms with van der Waals surface area (Å²) in [7, 11) is 0. The Morgan fingerprint density at radius 2 is 1.87 bits per heavy atom. The Morgan fingerprint density at radius 3 is 2.60 bits per heavy atom. The van der Waals surface area contributed by atoms with Crippen molar-refractivity contribution in [3.8, 4) is 0 Å². The maximum absolute atomic E-state index is 3.54. The maximum Gasteiger partial charge on any atom is 0.0107 e. The molecule has 90 valence electrons. The first-order chi connectivity index (χ1) is 7.43. The van der Waals surface area contributed by atoms with E-state index in [1.165, 1.54) is 70.6 Å². The zero-order valence-electron chi connectivity index (χ0n) is 10.1. The molecule has 1 aliphatic rings. The lowest BCUT2D eigenvalue weighted by molar-refractivity contribution is 0.229. The second kappa shape index (κ2) is 9.49. The largest absolute Gasteiger partial charge is 0.315 e. The number of likely N-dealkylation sites (tertiary alicyclic amines) is 1. The molecule has 0 aromatic heterocycles. The first-order valence-electron chi connectivity index (χ1n) is 6.35. The lowest BCUT2D eigenvalue weighted by atomic mass is 10.1. The fourth-order valence-electron chi connectivity index (χ4n) is 2.04. The molecule has 0 aromatic carbocycles. The van der Waals surface area contributed by atoms with Crippen molar-refractivity contribution < 1.29 is 0 Å². The topological polar surface area (TPSA) is 15.3 Å². The van der Waals surface area contributed by atoms with Crippen LogP contribution in [0.1, 0.15) is 32.1 Å². The zero-order chi connectivity index (χ0) is 10.8. The molecule has 0 saturated carbocycles. The third-order valence-electron chi connectivity index (χ3n) is 3.01. The molecule has 1 saturated heterocycles. The van der Waals surface area contributed by atoms with Crippen LogP contribution in [0.15, 0.2) is 0 Å². The van der Waals surface area contributed by atoms with E-state index in [4.69, 9.17) is 0 Å². The third kappa shape index (κ3) is 7.20. The van der Waals surface area contributed by atoms with Gasteiger partial charge in [0.15, 0.2) is 0 Å². The summed E-state index contributed by atoms with van der Waals surface area (Å²) >= 11 is 1.95. The lowest BCUT2D eigenvalue weighted by Gasteiger charge is -2.26. The molecule has 0 amide bonds. The number of rotatable bonds is 8. The Balaban J connectivity index is 1.79. The Morgan fingerprint density at radius 1 is 1.07 bits per heavy atom. The third-order valence-corrected chi connectivity index (χ3v) is 3.70. The minimum atomic E-state index is 1.18. The molecule has 0 unspecified atom stereocenters. The van der Waals surface area contributed by atoms with E-state index in [1.54, 1.807) is 0 Å². The van der Waals surface area contributed by atoms with Crippen LogP contribution < -0.4 is 5.32 Å². The molecule has 1 fully saturated rings. The molecule has 0 spiro atoms. The monoisotopic (exact) mass is 230 g/mol. The number of nitrogens with zero attached hydrogens (tertiary/aromatic N) is 1. The number of hydrogen-bond donors (Lipinski definition) is 1. The van der Waals surface area contributed by atoms with Gasteiger partial charge < -0.3 is 10.2 Å². The predicted molar refractivity (Wildman–Crippen MR) is 70.8 cm³/mol. The zero-order valence-corrected chi connectivity index (χ0v) is 11.0. The molecule has 2 nitrogen and oxygen atoms in total. The van der Waals surface area contributed by atoms with Gasteiger partial charge in [-0.1, -0.05) is 6.42 Å². The Labute approximate surface area is 99.2 Å². The van der Waals surface area contributed by atoms with Gasteiger partial charge in [0.25, 0.3) is 0 Å². The van der Waals surface area contributed by atoms with E-state index >= 15 is 0 Å². The number of nitrogens with one attached hydrogen (secondary N) is 1. The van der Waals surface area contributed by atoms with E-state index in [9.17, 15) is 0 Å². The van der Waals surface area contributed by atoms with E-state index in [-0.39, 0.29) is 0 Å². The van der Waals surface area contributed by atoms with Gasteiger partial charge in [0.05, 0.1) is 0 Å². The molecule has 15 heavy (non-hydrogen) atoms. The highest BCUT2D eigenvalue weighted by Gasteiger charge is 2.08. The van der Waals surface area contributed by atoms with E-state index in [0.717, 1.165) is 0 Å². The highest BCUT2D eigenvalue weighted by Crippen LogP contribution is 2.07. The van der Waals surface area contributed by atoms with Crippen LogP contribution in [0, 0.1) is 0 Å². The molecule has 1 N–H and O–H groups in total. The van der Waals surface area contributed by atoms with Crippen LogP contribution >= 0.6 is 11.8 Å². The van der Waals surface area contributed by atoms with E-state index in [2.05, 4.69) is 16.5 Å². The summed E-state index contributed by atoms with van der Waals surface area (Å²) in [6, 6.07) is 0. The molecule has 1 rings (SSSR count). The number of hydrogen-bond acceptors (Lipinski definition) is 3. The van der Waals surface area contributed by atoms with Gasteiger partial charge in [-0.3, -0.25) is 0 Å². The van der Waals surface area contributed by atoms with Gasteiger partial charge >= 0.3 is 0 Å². The Bertz CT molecular complexity index is 136. The minimum absolute atomic E-state index is 1.18. The Kier molecular flexibility index (Phi) is 8.44. The second-order valence-corrected chi connectivity index (χ2v) is 5.34. The van der Waals surface area contributed by atoms with Gasteiger partial charge in [-0.2, -0.15) is 11.8 Å². The van der Waals surface area contributed by atoms with Gasteiger partial charge in [-0.25, -0.2) is 0 Å². The van der Waals surface area contributed by atoms with Crippen molar-refractivity contribution in [2.75, 3.05) is 44.7 Å². The summed E-state index contributed by atoms with van der Waals surface area (Å²) in [6.45, 7) is 6.29. The smallest absolute Gasteiger partial charge is 0.0107 e.